The number of nitrogens with one attached hydrogen (secondary N) is 1. The first-order valence-corrected chi connectivity index (χ1v) is 9.04. The monoisotopic (exact) mass is 335 g/mol. The number of urea groups is 1. The minimum absolute atomic E-state index is 0.0137. The van der Waals surface area contributed by atoms with E-state index in [2.05, 4.69) is 24.2 Å². The molecule has 134 valence electrons. The molecule has 6 nitrogen and oxygen atoms in total. The van der Waals surface area contributed by atoms with Gasteiger partial charge in [0.25, 0.3) is 0 Å². The number of hydrogen-bond donors (Lipinski definition) is 2. The van der Waals surface area contributed by atoms with Gasteiger partial charge in [-0.2, -0.15) is 0 Å². The zero-order valence-corrected chi connectivity index (χ0v) is 14.6. The number of amides is 2. The van der Waals surface area contributed by atoms with E-state index in [0.717, 1.165) is 19.4 Å². The van der Waals surface area contributed by atoms with Crippen molar-refractivity contribution in [3.63, 3.8) is 0 Å². The summed E-state index contributed by atoms with van der Waals surface area (Å²) in [5.74, 6) is 0.571. The minimum Gasteiger partial charge on any atom is -0.467 e. The van der Waals surface area contributed by atoms with Crippen LogP contribution in [-0.2, 0) is 0 Å². The molecule has 3 atom stereocenters. The molecule has 1 aromatic heterocycles. The van der Waals surface area contributed by atoms with Gasteiger partial charge in [0.2, 0.25) is 0 Å². The van der Waals surface area contributed by atoms with Gasteiger partial charge < -0.3 is 19.7 Å². The van der Waals surface area contributed by atoms with E-state index in [0.29, 0.717) is 30.8 Å². The Hall–Kier alpha value is -1.53. The number of aliphatic hydroxyl groups is 1. The number of carbonyl (C=O) groups excluding carboxylic acids is 1. The number of hydrogen-bond acceptors (Lipinski definition) is 4. The number of likely N-dealkylation sites (tertiary alicyclic amines) is 1. The van der Waals surface area contributed by atoms with Crippen LogP contribution in [0.15, 0.2) is 22.8 Å². The second kappa shape index (κ2) is 7.57. The van der Waals surface area contributed by atoms with E-state index in [1.54, 1.807) is 18.4 Å². The SMILES string of the molecule is C[C@H](CNC(=O)N1CCC[C@H]1C[C@@H](O)c1ccco1)N(C)C1CC1. The third-order valence-corrected chi connectivity index (χ3v) is 5.37. The van der Waals surface area contributed by atoms with Crippen LogP contribution in [0.1, 0.15) is 50.9 Å². The Labute approximate surface area is 143 Å². The highest BCUT2D eigenvalue weighted by Crippen LogP contribution is 2.28. The molecule has 1 saturated carbocycles. The smallest absolute Gasteiger partial charge is 0.317 e. The lowest BCUT2D eigenvalue weighted by Crippen LogP contribution is -2.48. The van der Waals surface area contributed by atoms with Crippen LogP contribution in [0, 0.1) is 0 Å². The third kappa shape index (κ3) is 4.11. The lowest BCUT2D eigenvalue weighted by molar-refractivity contribution is 0.107. The summed E-state index contributed by atoms with van der Waals surface area (Å²) in [4.78, 5) is 16.7. The Morgan fingerprint density at radius 3 is 2.96 bits per heavy atom. The summed E-state index contributed by atoms with van der Waals surface area (Å²) in [6.45, 7) is 3.57. The number of aliphatic hydroxyl groups excluding tert-OH is 1. The third-order valence-electron chi connectivity index (χ3n) is 5.37. The summed E-state index contributed by atoms with van der Waals surface area (Å²) in [5, 5.41) is 13.3. The molecule has 2 aliphatic rings. The van der Waals surface area contributed by atoms with Crippen molar-refractivity contribution in [3.8, 4) is 0 Å². The maximum Gasteiger partial charge on any atom is 0.317 e. The molecular formula is C18H29N3O3. The second-order valence-electron chi connectivity index (χ2n) is 7.19. The number of nitrogens with zero attached hydrogens (tertiary/aromatic N) is 2. The van der Waals surface area contributed by atoms with Crippen molar-refractivity contribution in [3.05, 3.63) is 24.2 Å². The Morgan fingerprint density at radius 2 is 2.29 bits per heavy atom. The predicted octanol–water partition coefficient (Wildman–Crippen LogP) is 2.36. The molecule has 1 aliphatic heterocycles. The lowest BCUT2D eigenvalue weighted by Gasteiger charge is -2.29. The summed E-state index contributed by atoms with van der Waals surface area (Å²) >= 11 is 0. The van der Waals surface area contributed by atoms with Crippen molar-refractivity contribution >= 4 is 6.03 Å². The summed E-state index contributed by atoms with van der Waals surface area (Å²) in [6, 6.07) is 4.65. The highest BCUT2D eigenvalue weighted by atomic mass is 16.4. The summed E-state index contributed by atoms with van der Waals surface area (Å²) in [7, 11) is 2.13. The molecule has 0 spiro atoms. The first-order valence-electron chi connectivity index (χ1n) is 9.04. The standard InChI is InChI=1S/C18H29N3O3/c1-13(20(2)14-7-8-14)12-19-18(23)21-9-3-5-15(21)11-16(22)17-6-4-10-24-17/h4,6,10,13-16,22H,3,5,7-9,11-12H2,1-2H3,(H,19,23)/t13-,15+,16-/m1/s1. The molecule has 6 heteroatoms. The van der Waals surface area contributed by atoms with E-state index < -0.39 is 6.10 Å². The normalized spacial score (nSPS) is 23.5. The molecule has 1 saturated heterocycles. The molecule has 24 heavy (non-hydrogen) atoms. The van der Waals surface area contributed by atoms with Crippen molar-refractivity contribution in [1.82, 2.24) is 15.1 Å². The molecule has 1 aliphatic carbocycles. The van der Waals surface area contributed by atoms with Gasteiger partial charge in [0.05, 0.1) is 6.26 Å². The number of likely N-dealkylation sites (N-methyl/N-ethyl adjacent to an activating group) is 1. The fourth-order valence-corrected chi connectivity index (χ4v) is 3.53. The van der Waals surface area contributed by atoms with E-state index in [1.807, 2.05) is 4.90 Å². The van der Waals surface area contributed by atoms with Gasteiger partial charge in [-0.15, -0.1) is 0 Å². The topological polar surface area (TPSA) is 69.0 Å². The first-order chi connectivity index (χ1) is 11.6. The Bertz CT molecular complexity index is 530. The van der Waals surface area contributed by atoms with Crippen LogP contribution < -0.4 is 5.32 Å². The fraction of sp³-hybridized carbons (Fsp3) is 0.722. The average molecular weight is 335 g/mol. The van der Waals surface area contributed by atoms with E-state index in [4.69, 9.17) is 4.42 Å². The molecule has 2 heterocycles. The van der Waals surface area contributed by atoms with E-state index in [1.165, 1.54) is 12.8 Å². The highest BCUT2D eigenvalue weighted by Gasteiger charge is 2.32. The van der Waals surface area contributed by atoms with Crippen molar-refractivity contribution in [2.24, 2.45) is 0 Å². The van der Waals surface area contributed by atoms with E-state index in [9.17, 15) is 9.90 Å². The predicted molar refractivity (Wildman–Crippen MR) is 91.7 cm³/mol. The van der Waals surface area contributed by atoms with Crippen molar-refractivity contribution < 1.29 is 14.3 Å². The van der Waals surface area contributed by atoms with Gasteiger partial charge in [0.1, 0.15) is 11.9 Å². The number of furan rings is 1. The van der Waals surface area contributed by atoms with Crippen LogP contribution in [0.4, 0.5) is 4.79 Å². The molecule has 0 bridgehead atoms. The average Bonchev–Trinajstić information content (AvgIpc) is 3.08. The Balaban J connectivity index is 1.48. The van der Waals surface area contributed by atoms with E-state index in [-0.39, 0.29) is 12.1 Å². The maximum atomic E-state index is 12.5. The van der Waals surface area contributed by atoms with Crippen LogP contribution in [0.3, 0.4) is 0 Å². The number of rotatable bonds is 7. The summed E-state index contributed by atoms with van der Waals surface area (Å²) < 4.78 is 5.26. The summed E-state index contributed by atoms with van der Waals surface area (Å²) in [6.07, 6.45) is 5.90. The molecular weight excluding hydrogens is 306 g/mol. The van der Waals surface area contributed by atoms with Gasteiger partial charge >= 0.3 is 6.03 Å². The van der Waals surface area contributed by atoms with Crippen LogP contribution in [0.25, 0.3) is 0 Å². The summed E-state index contributed by atoms with van der Waals surface area (Å²) in [5.41, 5.74) is 0. The van der Waals surface area contributed by atoms with Crippen LogP contribution in [0.2, 0.25) is 0 Å². The zero-order chi connectivity index (χ0) is 17.1. The lowest BCUT2D eigenvalue weighted by atomic mass is 10.1. The minimum atomic E-state index is -0.654. The van der Waals surface area contributed by atoms with Crippen molar-refractivity contribution in [2.45, 2.75) is 63.3 Å². The second-order valence-corrected chi connectivity index (χ2v) is 7.19. The van der Waals surface area contributed by atoms with E-state index >= 15 is 0 Å². The van der Waals surface area contributed by atoms with Crippen LogP contribution in [-0.4, -0.2) is 59.2 Å². The van der Waals surface area contributed by atoms with Gasteiger partial charge in [-0.1, -0.05) is 0 Å². The molecule has 0 radical (unpaired) electrons. The molecule has 2 fully saturated rings. The van der Waals surface area contributed by atoms with Gasteiger partial charge in [-0.05, 0) is 51.8 Å². The first kappa shape index (κ1) is 17.3. The van der Waals surface area contributed by atoms with Gasteiger partial charge in [0, 0.05) is 37.6 Å². The largest absolute Gasteiger partial charge is 0.467 e. The molecule has 0 unspecified atom stereocenters. The molecule has 2 N–H and O–H groups in total. The fourth-order valence-electron chi connectivity index (χ4n) is 3.53. The molecule has 3 rings (SSSR count). The maximum absolute atomic E-state index is 12.5. The Morgan fingerprint density at radius 1 is 1.50 bits per heavy atom. The molecule has 0 aromatic carbocycles. The van der Waals surface area contributed by atoms with Crippen molar-refractivity contribution in [2.75, 3.05) is 20.1 Å². The van der Waals surface area contributed by atoms with Crippen LogP contribution >= 0.6 is 0 Å². The van der Waals surface area contributed by atoms with Gasteiger partial charge in [-0.25, -0.2) is 4.79 Å². The van der Waals surface area contributed by atoms with Gasteiger partial charge in [-0.3, -0.25) is 4.90 Å². The molecule has 2 amide bonds. The quantitative estimate of drug-likeness (QED) is 0.803. The number of carbonyl (C=O) groups is 1. The molecule has 1 aromatic rings. The Kier molecular flexibility index (Phi) is 5.46. The van der Waals surface area contributed by atoms with Gasteiger partial charge in [0.15, 0.2) is 0 Å². The van der Waals surface area contributed by atoms with Crippen molar-refractivity contribution in [1.29, 1.82) is 0 Å². The van der Waals surface area contributed by atoms with Crippen LogP contribution in [0.5, 0.6) is 0 Å². The highest BCUT2D eigenvalue weighted by molar-refractivity contribution is 5.74. The zero-order valence-electron chi connectivity index (χ0n) is 14.6.